The van der Waals surface area contributed by atoms with Gasteiger partial charge in [0.05, 0.1) is 13.2 Å². The van der Waals surface area contributed by atoms with E-state index in [-0.39, 0.29) is 5.04 Å². The molecule has 3 nitrogen and oxygen atoms in total. The predicted octanol–water partition coefficient (Wildman–Crippen LogP) is 4.67. The van der Waals surface area contributed by atoms with Gasteiger partial charge in [-0.2, -0.15) is 0 Å². The fraction of sp³-hybridized carbons (Fsp3) is 0.643. The van der Waals surface area contributed by atoms with Gasteiger partial charge in [-0.15, -0.1) is 11.3 Å². The van der Waals surface area contributed by atoms with Gasteiger partial charge in [0.1, 0.15) is 5.76 Å². The topological polar surface area (TPSA) is 31.4 Å². The van der Waals surface area contributed by atoms with Crippen LogP contribution in [0.1, 0.15) is 37.6 Å². The molecule has 0 aliphatic carbocycles. The van der Waals surface area contributed by atoms with Crippen molar-refractivity contribution in [3.8, 4) is 0 Å². The first-order valence-electron chi connectivity index (χ1n) is 6.58. The van der Waals surface area contributed by atoms with E-state index in [2.05, 4.69) is 45.4 Å². The number of hydrogen-bond acceptors (Lipinski definition) is 4. The minimum atomic E-state index is -1.70. The molecule has 0 atom stereocenters. The summed E-state index contributed by atoms with van der Waals surface area (Å²) >= 11 is 1.59. The third-order valence-electron chi connectivity index (χ3n) is 3.49. The molecule has 0 bridgehead atoms. The molecule has 0 saturated carbocycles. The van der Waals surface area contributed by atoms with Crippen molar-refractivity contribution in [3.63, 3.8) is 0 Å². The maximum Gasteiger partial charge on any atom is 0.192 e. The Balaban J connectivity index is 2.63. The van der Waals surface area contributed by atoms with Crippen LogP contribution in [0.15, 0.2) is 12.8 Å². The van der Waals surface area contributed by atoms with Crippen LogP contribution in [0.4, 0.5) is 0 Å². The molecular formula is C14H25NO2SSi. The van der Waals surface area contributed by atoms with Crippen molar-refractivity contribution in [2.24, 2.45) is 0 Å². The van der Waals surface area contributed by atoms with E-state index in [0.29, 0.717) is 19.0 Å². The van der Waals surface area contributed by atoms with Gasteiger partial charge < -0.3 is 9.16 Å². The van der Waals surface area contributed by atoms with Crippen molar-refractivity contribution in [1.82, 2.24) is 4.98 Å². The largest absolute Gasteiger partial charge is 0.491 e. The van der Waals surface area contributed by atoms with Crippen molar-refractivity contribution in [1.29, 1.82) is 0 Å². The first-order chi connectivity index (χ1) is 8.67. The van der Waals surface area contributed by atoms with Crippen molar-refractivity contribution < 1.29 is 9.16 Å². The molecule has 108 valence electrons. The highest BCUT2D eigenvalue weighted by Crippen LogP contribution is 2.37. The van der Waals surface area contributed by atoms with Gasteiger partial charge >= 0.3 is 0 Å². The molecule has 0 aliphatic rings. The van der Waals surface area contributed by atoms with Gasteiger partial charge in [0, 0.05) is 11.1 Å². The van der Waals surface area contributed by atoms with Gasteiger partial charge in [-0.25, -0.2) is 4.98 Å². The Morgan fingerprint density at radius 3 is 2.58 bits per heavy atom. The van der Waals surface area contributed by atoms with Crippen LogP contribution in [-0.2, 0) is 15.8 Å². The van der Waals surface area contributed by atoms with Gasteiger partial charge in [0.25, 0.3) is 0 Å². The van der Waals surface area contributed by atoms with Gasteiger partial charge in [0.2, 0.25) is 0 Å². The fourth-order valence-corrected chi connectivity index (χ4v) is 3.01. The molecule has 1 aromatic rings. The summed E-state index contributed by atoms with van der Waals surface area (Å²) in [6, 6.07) is 0. The van der Waals surface area contributed by atoms with Gasteiger partial charge in [-0.05, 0) is 25.1 Å². The third kappa shape index (κ3) is 4.44. The van der Waals surface area contributed by atoms with Crippen molar-refractivity contribution in [2.45, 2.75) is 52.4 Å². The number of aromatic nitrogens is 1. The summed E-state index contributed by atoms with van der Waals surface area (Å²) in [4.78, 5) is 5.45. The minimum absolute atomic E-state index is 0.232. The van der Waals surface area contributed by atoms with Crippen molar-refractivity contribution in [2.75, 3.05) is 6.61 Å². The highest BCUT2D eigenvalue weighted by molar-refractivity contribution is 7.12. The smallest absolute Gasteiger partial charge is 0.192 e. The van der Waals surface area contributed by atoms with E-state index < -0.39 is 8.32 Å². The molecule has 0 amide bonds. The van der Waals surface area contributed by atoms with Crippen LogP contribution < -0.4 is 0 Å². The molecule has 0 radical (unpaired) electrons. The molecule has 0 fully saturated rings. The Kier molecular flexibility index (Phi) is 5.35. The number of rotatable bonds is 6. The van der Waals surface area contributed by atoms with E-state index >= 15 is 0 Å². The minimum Gasteiger partial charge on any atom is -0.491 e. The van der Waals surface area contributed by atoms with Crippen LogP contribution in [0.25, 0.3) is 5.76 Å². The van der Waals surface area contributed by atoms with Crippen LogP contribution in [0, 0.1) is 0 Å². The van der Waals surface area contributed by atoms with Crippen LogP contribution in [-0.4, -0.2) is 19.9 Å². The molecule has 1 heterocycles. The maximum atomic E-state index is 6.17. The number of ether oxygens (including phenoxy) is 1. The zero-order valence-corrected chi connectivity index (χ0v) is 14.7. The predicted molar refractivity (Wildman–Crippen MR) is 84.8 cm³/mol. The lowest BCUT2D eigenvalue weighted by Crippen LogP contribution is -2.40. The Morgan fingerprint density at radius 2 is 2.05 bits per heavy atom. The summed E-state index contributed by atoms with van der Waals surface area (Å²) in [7, 11) is -1.70. The van der Waals surface area contributed by atoms with Gasteiger partial charge in [-0.3, -0.25) is 0 Å². The third-order valence-corrected chi connectivity index (χ3v) is 8.98. The molecule has 0 unspecified atom stereocenters. The van der Waals surface area contributed by atoms with Crippen molar-refractivity contribution >= 4 is 25.4 Å². The lowest BCUT2D eigenvalue weighted by Gasteiger charge is -2.35. The number of hydrogen-bond donors (Lipinski definition) is 0. The molecule has 1 aromatic heterocycles. The van der Waals surface area contributed by atoms with E-state index in [4.69, 9.17) is 9.16 Å². The standard InChI is InChI=1S/C14H25NO2SSi/c1-8-16-11(2)13-15-9-12(18-13)10-17-19(6,7)14(3,4)5/h9H,2,8,10H2,1,3-7H3. The second-order valence-electron chi connectivity index (χ2n) is 6.04. The average Bonchev–Trinajstić information content (AvgIpc) is 2.74. The summed E-state index contributed by atoms with van der Waals surface area (Å²) < 4.78 is 11.5. The van der Waals surface area contributed by atoms with Crippen molar-refractivity contribution in [3.05, 3.63) is 22.7 Å². The lowest BCUT2D eigenvalue weighted by molar-refractivity contribution is 0.279. The zero-order chi connectivity index (χ0) is 14.7. The highest BCUT2D eigenvalue weighted by Gasteiger charge is 2.37. The Labute approximate surface area is 121 Å². The lowest BCUT2D eigenvalue weighted by atomic mass is 10.2. The monoisotopic (exact) mass is 299 g/mol. The normalized spacial score (nSPS) is 12.5. The molecule has 19 heavy (non-hydrogen) atoms. The fourth-order valence-electron chi connectivity index (χ4n) is 1.21. The van der Waals surface area contributed by atoms with Crippen LogP contribution in [0.5, 0.6) is 0 Å². The summed E-state index contributed by atoms with van der Waals surface area (Å²) in [5.41, 5.74) is 0. The number of thiazole rings is 1. The van der Waals surface area contributed by atoms with Gasteiger partial charge in [0.15, 0.2) is 13.3 Å². The molecule has 0 aromatic carbocycles. The molecule has 5 heteroatoms. The van der Waals surface area contributed by atoms with E-state index in [9.17, 15) is 0 Å². The first-order valence-corrected chi connectivity index (χ1v) is 10.3. The Bertz CT molecular complexity index is 435. The Morgan fingerprint density at radius 1 is 1.42 bits per heavy atom. The second kappa shape index (κ2) is 6.20. The first kappa shape index (κ1) is 16.4. The van der Waals surface area contributed by atoms with Crippen LogP contribution in [0.3, 0.4) is 0 Å². The molecule has 0 spiro atoms. The average molecular weight is 300 g/mol. The highest BCUT2D eigenvalue weighted by atomic mass is 32.1. The summed E-state index contributed by atoms with van der Waals surface area (Å²) in [5.74, 6) is 0.645. The van der Waals surface area contributed by atoms with E-state index in [1.807, 2.05) is 13.1 Å². The molecule has 0 saturated heterocycles. The molecule has 0 N–H and O–H groups in total. The second-order valence-corrected chi connectivity index (χ2v) is 12.0. The van der Waals surface area contributed by atoms with Crippen LogP contribution in [0.2, 0.25) is 18.1 Å². The summed E-state index contributed by atoms with van der Waals surface area (Å²) in [6.45, 7) is 18.3. The SMILES string of the molecule is C=C(OCC)c1ncc(CO[Si](C)(C)C(C)(C)C)s1. The van der Waals surface area contributed by atoms with E-state index in [0.717, 1.165) is 9.88 Å². The van der Waals surface area contributed by atoms with E-state index in [1.165, 1.54) is 0 Å². The molecule has 0 aliphatic heterocycles. The molecular weight excluding hydrogens is 274 g/mol. The quantitative estimate of drug-likeness (QED) is 0.565. The molecule has 1 rings (SSSR count). The summed E-state index contributed by atoms with van der Waals surface area (Å²) in [6.07, 6.45) is 1.86. The van der Waals surface area contributed by atoms with Crippen LogP contribution >= 0.6 is 11.3 Å². The maximum absolute atomic E-state index is 6.17. The Hall–Kier alpha value is -0.653. The number of nitrogens with zero attached hydrogens (tertiary/aromatic N) is 1. The van der Waals surface area contributed by atoms with E-state index in [1.54, 1.807) is 11.3 Å². The van der Waals surface area contributed by atoms with Gasteiger partial charge in [-0.1, -0.05) is 27.4 Å². The summed E-state index contributed by atoms with van der Waals surface area (Å²) in [5, 5.41) is 1.07. The zero-order valence-electron chi connectivity index (χ0n) is 12.9.